The lowest BCUT2D eigenvalue weighted by Crippen LogP contribution is -2.43. The zero-order chi connectivity index (χ0) is 48.4. The molecule has 0 saturated carbocycles. The van der Waals surface area contributed by atoms with Gasteiger partial charge in [0.2, 0.25) is 0 Å². The number of hydrogen-bond acceptors (Lipinski definition) is 18. The standard InChI is InChI=1S/C9H11NO2.C6H13NO2.3C5H14NO.2C3H8O3.C2H5NO2/c10-8(9(11)12)6-7-4-2-1-3-5-7;1-4(2)3-5(7)6(8)9;3*1-6(2,3)4-5-7;2*4-1-3(6)2-5;3-1-2(4)5/h1-5,8H,6,10H2,(H,11,12);4-5H,3,7H2,1-2H3,(H,8,9);3*7H,4-5H2,1-3H3;2*3-6H,1-2H2;1,3H2,(H,4,5)/q;;3*+1;;;/p-3/t8-;5-;;;;;;/m00....../s1. The number of carbonyl (C=O) groups excluding carboxylic acids is 3. The molecule has 0 fully saturated rings. The highest BCUT2D eigenvalue weighted by Gasteiger charge is 2.06. The van der Waals surface area contributed by atoms with Crippen LogP contribution in [-0.4, -0.2) is 237 Å². The van der Waals surface area contributed by atoms with Crippen molar-refractivity contribution in [3.05, 3.63) is 35.9 Å². The minimum atomic E-state index is -1.22. The number of benzene rings is 1. The monoisotopic (exact) mass is 865 g/mol. The van der Waals surface area contributed by atoms with Crippen molar-refractivity contribution >= 4 is 17.9 Å². The zero-order valence-electron chi connectivity index (χ0n) is 37.5. The van der Waals surface area contributed by atoms with Gasteiger partial charge >= 0.3 is 0 Å². The molecule has 1 aromatic rings. The number of aliphatic hydroxyl groups excluding tert-OH is 9. The largest absolute Gasteiger partial charge is 0.549 e. The summed E-state index contributed by atoms with van der Waals surface area (Å²) in [4.78, 5) is 29.4. The van der Waals surface area contributed by atoms with Gasteiger partial charge in [-0.3, -0.25) is 0 Å². The molecule has 356 valence electrons. The average molecular weight is 865 g/mol. The summed E-state index contributed by atoms with van der Waals surface area (Å²) in [6, 6.07) is 7.52. The number of likely N-dealkylation sites (N-methyl/N-ethyl adjacent to an activating group) is 3. The number of hydrogen-bond donors (Lipinski definition) is 12. The third kappa shape index (κ3) is 83.6. The van der Waals surface area contributed by atoms with Crippen LogP contribution in [0.5, 0.6) is 0 Å². The quantitative estimate of drug-likeness (QED) is 0.0647. The van der Waals surface area contributed by atoms with Crippen molar-refractivity contribution in [3.8, 4) is 0 Å². The number of nitrogens with zero attached hydrogens (tertiary/aromatic N) is 3. The number of quaternary nitrogens is 3. The molecule has 15 N–H and O–H groups in total. The molecule has 0 radical (unpaired) electrons. The van der Waals surface area contributed by atoms with E-state index in [2.05, 4.69) is 69.2 Å². The van der Waals surface area contributed by atoms with Gasteiger partial charge in [-0.1, -0.05) is 44.2 Å². The summed E-state index contributed by atoms with van der Waals surface area (Å²) in [6.07, 6.45) is -1.10. The number of carboxylic acid groups (broad SMARTS) is 3. The fourth-order valence-corrected chi connectivity index (χ4v) is 2.57. The minimum absolute atomic E-state index is 0.281. The summed E-state index contributed by atoms with van der Waals surface area (Å²) in [6.45, 7) is 5.34. The van der Waals surface area contributed by atoms with Crippen LogP contribution in [0.25, 0.3) is 0 Å². The maximum Gasteiger partial charge on any atom is 0.101 e. The Morgan fingerprint density at radius 1 is 0.576 bits per heavy atom. The Balaban J connectivity index is -0.000000107. The summed E-state index contributed by atoms with van der Waals surface area (Å²) in [5.74, 6) is -3.27. The van der Waals surface area contributed by atoms with E-state index in [4.69, 9.17) is 67.3 Å². The molecule has 0 heterocycles. The predicted octanol–water partition coefficient (Wildman–Crippen LogP) is -8.17. The number of carbonyl (C=O) groups is 3. The molecule has 0 aromatic heterocycles. The van der Waals surface area contributed by atoms with Crippen molar-refractivity contribution in [1.82, 2.24) is 0 Å². The van der Waals surface area contributed by atoms with Gasteiger partial charge in [0, 0.05) is 18.6 Å². The molecule has 21 nitrogen and oxygen atoms in total. The molecule has 21 heteroatoms. The highest BCUT2D eigenvalue weighted by molar-refractivity contribution is 5.71. The lowest BCUT2D eigenvalue weighted by molar-refractivity contribution is -0.870. The first-order valence-electron chi connectivity index (χ1n) is 18.7. The molecule has 0 bridgehead atoms. The van der Waals surface area contributed by atoms with Gasteiger partial charge in [-0.15, -0.1) is 0 Å². The summed E-state index contributed by atoms with van der Waals surface area (Å²) in [5.41, 5.74) is 15.9. The van der Waals surface area contributed by atoms with Gasteiger partial charge in [-0.05, 0) is 24.3 Å². The number of carboxylic acids is 3. The normalized spacial score (nSPS) is 11.6. The predicted molar refractivity (Wildman–Crippen MR) is 220 cm³/mol. The summed E-state index contributed by atoms with van der Waals surface area (Å²) in [7, 11) is 18.5. The van der Waals surface area contributed by atoms with E-state index in [-0.39, 0.29) is 52.8 Å². The third-order valence-electron chi connectivity index (χ3n) is 5.95. The molecule has 0 aliphatic carbocycles. The van der Waals surface area contributed by atoms with E-state index in [1.807, 2.05) is 44.2 Å². The number of nitrogens with two attached hydrogens (primary N) is 3. The van der Waals surface area contributed by atoms with E-state index in [0.717, 1.165) is 38.6 Å². The number of aliphatic hydroxyl groups is 9. The lowest BCUT2D eigenvalue weighted by atomic mass is 10.1. The van der Waals surface area contributed by atoms with E-state index in [1.165, 1.54) is 0 Å². The van der Waals surface area contributed by atoms with Gasteiger partial charge in [-0.25, -0.2) is 0 Å². The second-order valence-corrected chi connectivity index (χ2v) is 16.0. The van der Waals surface area contributed by atoms with Crippen molar-refractivity contribution in [2.24, 2.45) is 23.1 Å². The van der Waals surface area contributed by atoms with Gasteiger partial charge in [-0.2, -0.15) is 0 Å². The average Bonchev–Trinajstić information content (AvgIpc) is 3.11. The Hall–Kier alpha value is -2.97. The first kappa shape index (κ1) is 70.6. The first-order valence-corrected chi connectivity index (χ1v) is 18.7. The Morgan fingerprint density at radius 3 is 0.966 bits per heavy atom. The van der Waals surface area contributed by atoms with Crippen LogP contribution in [0.1, 0.15) is 25.8 Å². The minimum Gasteiger partial charge on any atom is -0.549 e. The Kier molecular flexibility index (Phi) is 53.3. The van der Waals surface area contributed by atoms with Crippen LogP contribution in [0.4, 0.5) is 0 Å². The third-order valence-corrected chi connectivity index (χ3v) is 5.95. The molecule has 59 heavy (non-hydrogen) atoms. The Bertz CT molecular complexity index is 1000. The van der Waals surface area contributed by atoms with E-state index in [9.17, 15) is 19.8 Å². The molecular weight excluding hydrogens is 780 g/mol. The molecule has 0 aliphatic rings. The summed E-state index contributed by atoms with van der Waals surface area (Å²) >= 11 is 0. The summed E-state index contributed by atoms with van der Waals surface area (Å²) in [5, 5.41) is 103. The SMILES string of the molecule is CC(C)C[C@H](N)C(=O)[O-].C[N+](C)(C)CCO.C[N+](C)(C)CCO.C[N+](C)(C)CCO.NCC(=O)[O-].N[C@@H](Cc1ccccc1)C(=O)[O-].OCC(O)CO.OCC(O)CO. The van der Waals surface area contributed by atoms with Gasteiger partial charge < -0.3 is 106 Å². The molecule has 1 aromatic carbocycles. The van der Waals surface area contributed by atoms with E-state index in [1.54, 1.807) is 0 Å². The highest BCUT2D eigenvalue weighted by Crippen LogP contribution is 2.01. The van der Waals surface area contributed by atoms with Crippen molar-refractivity contribution in [3.63, 3.8) is 0 Å². The second-order valence-electron chi connectivity index (χ2n) is 16.0. The van der Waals surface area contributed by atoms with Gasteiger partial charge in [0.15, 0.2) is 0 Å². The lowest BCUT2D eigenvalue weighted by Gasteiger charge is -2.21. The van der Waals surface area contributed by atoms with E-state index in [0.29, 0.717) is 18.8 Å². The molecule has 0 spiro atoms. The molecule has 1 rings (SSSR count). The highest BCUT2D eigenvalue weighted by atomic mass is 16.4. The smallest absolute Gasteiger partial charge is 0.101 e. The number of rotatable bonds is 17. The summed E-state index contributed by atoms with van der Waals surface area (Å²) < 4.78 is 2.53. The van der Waals surface area contributed by atoms with Crippen LogP contribution in [0.2, 0.25) is 0 Å². The van der Waals surface area contributed by atoms with Crippen LogP contribution < -0.4 is 32.5 Å². The van der Waals surface area contributed by atoms with Crippen molar-refractivity contribution in [1.29, 1.82) is 0 Å². The van der Waals surface area contributed by atoms with E-state index < -0.39 is 42.2 Å². The fourth-order valence-electron chi connectivity index (χ4n) is 2.57. The maximum atomic E-state index is 10.3. The molecule has 2 atom stereocenters. The van der Waals surface area contributed by atoms with E-state index >= 15 is 0 Å². The Labute approximate surface area is 352 Å². The van der Waals surface area contributed by atoms with Crippen LogP contribution in [0, 0.1) is 5.92 Å². The molecule has 0 amide bonds. The van der Waals surface area contributed by atoms with Crippen LogP contribution >= 0.6 is 0 Å². The molecule has 0 unspecified atom stereocenters. The zero-order valence-corrected chi connectivity index (χ0v) is 37.5. The fraction of sp³-hybridized carbons (Fsp3) is 0.763. The maximum absolute atomic E-state index is 10.3. The number of aliphatic carboxylic acids is 3. The van der Waals surface area contributed by atoms with Crippen LogP contribution in [-0.2, 0) is 20.8 Å². The van der Waals surface area contributed by atoms with Crippen molar-refractivity contribution < 1.29 is 89.1 Å². The topological polar surface area (TPSA) is 381 Å². The Morgan fingerprint density at radius 2 is 0.847 bits per heavy atom. The van der Waals surface area contributed by atoms with Crippen LogP contribution in [0.15, 0.2) is 30.3 Å². The van der Waals surface area contributed by atoms with Gasteiger partial charge in [0.25, 0.3) is 0 Å². The molecule has 0 saturated heterocycles. The first-order chi connectivity index (χ1) is 26.8. The second kappa shape index (κ2) is 44.6. The molecule has 0 aliphatic heterocycles. The van der Waals surface area contributed by atoms with Gasteiger partial charge in [0.05, 0.1) is 128 Å². The van der Waals surface area contributed by atoms with Gasteiger partial charge in [0.1, 0.15) is 31.8 Å². The van der Waals surface area contributed by atoms with Crippen molar-refractivity contribution in [2.75, 3.05) is 136 Å². The van der Waals surface area contributed by atoms with Crippen molar-refractivity contribution in [2.45, 2.75) is 51.0 Å². The van der Waals surface area contributed by atoms with Crippen LogP contribution in [0.3, 0.4) is 0 Å². The molecular formula is C38H84N6O15.